The Hall–Kier alpha value is -4.18. The van der Waals surface area contributed by atoms with Crippen molar-refractivity contribution in [2.45, 2.75) is 77.4 Å². The first-order valence-electron chi connectivity index (χ1n) is 15.5. The molecule has 7 atom stereocenters. The van der Waals surface area contributed by atoms with Crippen LogP contribution in [0.4, 0.5) is 0 Å². The summed E-state index contributed by atoms with van der Waals surface area (Å²) in [5, 5.41) is 5.53. The van der Waals surface area contributed by atoms with Gasteiger partial charge in [-0.2, -0.15) is 0 Å². The minimum Gasteiger partial charge on any atom is -0.497 e. The van der Waals surface area contributed by atoms with Crippen molar-refractivity contribution in [2.24, 2.45) is 17.8 Å². The SMILES string of the molecule is COc1ccc(C[C@H]2NC(=O)/C=C\C[C@@H]([C@H](C)[C@H]3O[C@@H]3c3ccccc3)OC(=O)[C@H](CC(C)C)OC(=O)[C@H](C)CNC2=O)cc1. The Balaban J connectivity index is 1.57. The first-order valence-corrected chi connectivity index (χ1v) is 15.5. The fourth-order valence-electron chi connectivity index (χ4n) is 5.31. The second-order valence-corrected chi connectivity index (χ2v) is 12.2. The molecule has 10 heteroatoms. The predicted molar refractivity (Wildman–Crippen MR) is 167 cm³/mol. The molecule has 242 valence electrons. The molecule has 10 nitrogen and oxygen atoms in total. The highest BCUT2D eigenvalue weighted by atomic mass is 16.6. The standard InChI is InChI=1S/C35H44N2O8/c1-21(2)18-29-35(41)43-28(23(4)31-32(45-31)25-10-7-6-8-11-25)12-9-13-30(38)37-27(19-24-14-16-26(42-5)17-15-24)33(39)36-20-22(3)34(40)44-29/h6-11,13-17,21-23,27-29,31-32H,12,18-20H2,1-5H3,(H,36,39)(H,37,38)/b13-9-/t22-,23+,27-,28+,29+,31-,32-/m1/s1. The van der Waals surface area contributed by atoms with Crippen molar-refractivity contribution in [3.63, 3.8) is 0 Å². The summed E-state index contributed by atoms with van der Waals surface area (Å²) in [6.45, 7) is 7.37. The van der Waals surface area contributed by atoms with E-state index in [1.165, 1.54) is 6.08 Å². The van der Waals surface area contributed by atoms with Crippen LogP contribution in [0.5, 0.6) is 5.75 Å². The van der Waals surface area contributed by atoms with Gasteiger partial charge in [0.15, 0.2) is 6.10 Å². The van der Waals surface area contributed by atoms with Gasteiger partial charge >= 0.3 is 11.9 Å². The third kappa shape index (κ3) is 9.65. The van der Waals surface area contributed by atoms with Crippen LogP contribution in [-0.4, -0.2) is 61.8 Å². The molecule has 4 rings (SSSR count). The van der Waals surface area contributed by atoms with E-state index in [4.69, 9.17) is 18.9 Å². The van der Waals surface area contributed by atoms with Crippen molar-refractivity contribution in [3.05, 3.63) is 77.9 Å². The summed E-state index contributed by atoms with van der Waals surface area (Å²) in [5.74, 6) is -2.44. The van der Waals surface area contributed by atoms with Crippen LogP contribution >= 0.6 is 0 Å². The van der Waals surface area contributed by atoms with Gasteiger partial charge < -0.3 is 29.6 Å². The first kappa shape index (κ1) is 33.7. The maximum atomic E-state index is 13.5. The molecule has 0 unspecified atom stereocenters. The average molecular weight is 621 g/mol. The number of hydrogen-bond donors (Lipinski definition) is 2. The van der Waals surface area contributed by atoms with E-state index >= 15 is 0 Å². The van der Waals surface area contributed by atoms with Gasteiger partial charge in [0.25, 0.3) is 0 Å². The van der Waals surface area contributed by atoms with Crippen LogP contribution in [0.2, 0.25) is 0 Å². The summed E-state index contributed by atoms with van der Waals surface area (Å²) in [5.41, 5.74) is 1.85. The highest BCUT2D eigenvalue weighted by Gasteiger charge is 2.47. The van der Waals surface area contributed by atoms with E-state index < -0.39 is 47.9 Å². The van der Waals surface area contributed by atoms with Gasteiger partial charge in [-0.1, -0.05) is 76.2 Å². The fourth-order valence-corrected chi connectivity index (χ4v) is 5.31. The first-order chi connectivity index (χ1) is 21.5. The molecular weight excluding hydrogens is 576 g/mol. The van der Waals surface area contributed by atoms with Gasteiger partial charge in [0, 0.05) is 25.3 Å². The highest BCUT2D eigenvalue weighted by molar-refractivity contribution is 5.93. The summed E-state index contributed by atoms with van der Waals surface area (Å²) < 4.78 is 22.9. The molecule has 1 saturated heterocycles. The number of methoxy groups -OCH3 is 1. The van der Waals surface area contributed by atoms with Crippen molar-refractivity contribution in [3.8, 4) is 5.75 Å². The zero-order valence-corrected chi connectivity index (χ0v) is 26.6. The maximum absolute atomic E-state index is 13.5. The largest absolute Gasteiger partial charge is 0.497 e. The maximum Gasteiger partial charge on any atom is 0.347 e. The number of carbonyl (C=O) groups excluding carboxylic acids is 4. The number of benzene rings is 2. The lowest BCUT2D eigenvalue weighted by Crippen LogP contribution is -2.49. The van der Waals surface area contributed by atoms with Crippen molar-refractivity contribution in [1.29, 1.82) is 0 Å². The van der Waals surface area contributed by atoms with Crippen LogP contribution in [0.3, 0.4) is 0 Å². The van der Waals surface area contributed by atoms with Crippen molar-refractivity contribution < 1.29 is 38.1 Å². The van der Waals surface area contributed by atoms with E-state index in [1.807, 2.05) is 63.2 Å². The number of ether oxygens (including phenoxy) is 4. The summed E-state index contributed by atoms with van der Waals surface area (Å²) in [6, 6.07) is 16.1. The number of esters is 2. The van der Waals surface area contributed by atoms with Gasteiger partial charge in [0.05, 0.1) is 19.1 Å². The van der Waals surface area contributed by atoms with E-state index in [0.29, 0.717) is 5.75 Å². The Morgan fingerprint density at radius 3 is 2.31 bits per heavy atom. The Kier molecular flexibility index (Phi) is 11.8. The molecule has 0 spiro atoms. The second kappa shape index (κ2) is 15.7. The lowest BCUT2D eigenvalue weighted by Gasteiger charge is -2.27. The lowest BCUT2D eigenvalue weighted by molar-refractivity contribution is -0.176. The third-order valence-corrected chi connectivity index (χ3v) is 8.09. The highest BCUT2D eigenvalue weighted by Crippen LogP contribution is 2.45. The molecule has 2 aromatic carbocycles. The van der Waals surface area contributed by atoms with Gasteiger partial charge in [0.2, 0.25) is 11.8 Å². The minimum absolute atomic E-state index is 0.0362. The Morgan fingerprint density at radius 1 is 0.933 bits per heavy atom. The van der Waals surface area contributed by atoms with Gasteiger partial charge in [0.1, 0.15) is 24.0 Å². The van der Waals surface area contributed by atoms with Crippen LogP contribution in [0.25, 0.3) is 0 Å². The van der Waals surface area contributed by atoms with E-state index in [0.717, 1.165) is 11.1 Å². The number of cyclic esters (lactones) is 2. The molecule has 0 aliphatic carbocycles. The zero-order chi connectivity index (χ0) is 32.5. The zero-order valence-electron chi connectivity index (χ0n) is 26.6. The van der Waals surface area contributed by atoms with Crippen molar-refractivity contribution in [1.82, 2.24) is 10.6 Å². The number of epoxide rings is 1. The molecule has 45 heavy (non-hydrogen) atoms. The molecule has 2 aliphatic rings. The molecule has 0 saturated carbocycles. The van der Waals surface area contributed by atoms with Crippen LogP contribution in [0.15, 0.2) is 66.7 Å². The van der Waals surface area contributed by atoms with Crippen LogP contribution < -0.4 is 15.4 Å². The number of rotatable bonds is 8. The summed E-state index contributed by atoms with van der Waals surface area (Å²) in [6.07, 6.45) is 1.61. The molecular formula is C35H44N2O8. The summed E-state index contributed by atoms with van der Waals surface area (Å²) in [4.78, 5) is 52.8. The Bertz CT molecular complexity index is 1340. The molecule has 2 aliphatic heterocycles. The molecule has 2 aromatic rings. The monoisotopic (exact) mass is 620 g/mol. The molecule has 2 N–H and O–H groups in total. The summed E-state index contributed by atoms with van der Waals surface area (Å²) >= 11 is 0. The smallest absolute Gasteiger partial charge is 0.347 e. The van der Waals surface area contributed by atoms with Crippen LogP contribution in [-0.2, 0) is 39.8 Å². The van der Waals surface area contributed by atoms with Gasteiger partial charge in [-0.05, 0) is 41.7 Å². The minimum atomic E-state index is -1.11. The topological polar surface area (TPSA) is 133 Å². The quantitative estimate of drug-likeness (QED) is 0.333. The number of nitrogens with one attached hydrogen (secondary N) is 2. The summed E-state index contributed by atoms with van der Waals surface area (Å²) in [7, 11) is 1.57. The Labute approximate surface area is 264 Å². The third-order valence-electron chi connectivity index (χ3n) is 8.09. The van der Waals surface area contributed by atoms with Crippen LogP contribution in [0.1, 0.15) is 57.8 Å². The number of carbonyl (C=O) groups is 4. The van der Waals surface area contributed by atoms with Crippen LogP contribution in [0, 0.1) is 17.8 Å². The fraction of sp³-hybridized carbons (Fsp3) is 0.486. The number of hydrogen-bond acceptors (Lipinski definition) is 8. The molecule has 0 bridgehead atoms. The Morgan fingerprint density at radius 2 is 1.64 bits per heavy atom. The van der Waals surface area contributed by atoms with E-state index in [9.17, 15) is 19.2 Å². The molecule has 2 heterocycles. The predicted octanol–water partition coefficient (Wildman–Crippen LogP) is 4.08. The number of amides is 2. The van der Waals surface area contributed by atoms with Crippen molar-refractivity contribution in [2.75, 3.05) is 13.7 Å². The molecule has 0 radical (unpaired) electrons. The van der Waals surface area contributed by atoms with Gasteiger partial charge in [-0.15, -0.1) is 0 Å². The van der Waals surface area contributed by atoms with Gasteiger partial charge in [-0.3, -0.25) is 14.4 Å². The van der Waals surface area contributed by atoms with E-state index in [2.05, 4.69) is 10.6 Å². The average Bonchev–Trinajstić information content (AvgIpc) is 3.83. The van der Waals surface area contributed by atoms with Gasteiger partial charge in [-0.25, -0.2) is 4.79 Å². The van der Waals surface area contributed by atoms with E-state index in [-0.39, 0.29) is 49.9 Å². The molecule has 1 fully saturated rings. The molecule has 2 amide bonds. The lowest BCUT2D eigenvalue weighted by atomic mass is 9.93. The molecule has 0 aromatic heterocycles. The van der Waals surface area contributed by atoms with Crippen molar-refractivity contribution >= 4 is 23.8 Å². The normalized spacial score (nSPS) is 27.9. The second-order valence-electron chi connectivity index (χ2n) is 12.2. The van der Waals surface area contributed by atoms with E-state index in [1.54, 1.807) is 32.2 Å².